The van der Waals surface area contributed by atoms with Gasteiger partial charge in [0.05, 0.1) is 0 Å². The Kier molecular flexibility index (Phi) is 5.31. The zero-order valence-electron chi connectivity index (χ0n) is 12.1. The fourth-order valence-electron chi connectivity index (χ4n) is 2.68. The number of aromatic nitrogens is 1. The normalized spacial score (nSPS) is 19.8. The molecule has 0 saturated carbocycles. The molecule has 4 nitrogen and oxygen atoms in total. The van der Waals surface area contributed by atoms with Crippen molar-refractivity contribution >= 4 is 0 Å². The molecule has 1 fully saturated rings. The van der Waals surface area contributed by atoms with E-state index in [1.807, 2.05) is 12.4 Å². The molecule has 0 spiro atoms. The summed E-state index contributed by atoms with van der Waals surface area (Å²) in [5, 5.41) is 0. The van der Waals surface area contributed by atoms with Crippen molar-refractivity contribution in [2.45, 2.75) is 32.4 Å². The summed E-state index contributed by atoms with van der Waals surface area (Å²) >= 11 is 0. The number of rotatable bonds is 5. The Balaban J connectivity index is 1.73. The largest absolute Gasteiger partial charge is 0.326 e. The molecule has 2 N–H and O–H groups in total. The number of pyridine rings is 1. The summed E-state index contributed by atoms with van der Waals surface area (Å²) in [7, 11) is 0. The highest BCUT2D eigenvalue weighted by Crippen LogP contribution is 2.07. The van der Waals surface area contributed by atoms with Gasteiger partial charge < -0.3 is 5.73 Å². The van der Waals surface area contributed by atoms with Crippen LogP contribution in [-0.4, -0.2) is 59.6 Å². The maximum Gasteiger partial charge on any atom is 0.0270 e. The van der Waals surface area contributed by atoms with Gasteiger partial charge in [-0.2, -0.15) is 0 Å². The van der Waals surface area contributed by atoms with Crippen molar-refractivity contribution < 1.29 is 0 Å². The third-order valence-corrected chi connectivity index (χ3v) is 3.88. The molecule has 0 aliphatic carbocycles. The van der Waals surface area contributed by atoms with Crippen molar-refractivity contribution in [1.82, 2.24) is 14.8 Å². The van der Waals surface area contributed by atoms with Crippen LogP contribution in [0, 0.1) is 0 Å². The lowest BCUT2D eigenvalue weighted by atomic mass is 10.1. The molecule has 1 saturated heterocycles. The highest BCUT2D eigenvalue weighted by Gasteiger charge is 2.20. The minimum atomic E-state index is 0.216. The Bertz CT molecular complexity index is 358. The van der Waals surface area contributed by atoms with E-state index < -0.39 is 0 Å². The third kappa shape index (κ3) is 4.56. The first-order valence-electron chi connectivity index (χ1n) is 7.26. The summed E-state index contributed by atoms with van der Waals surface area (Å²) in [5.41, 5.74) is 7.54. The molecule has 2 rings (SSSR count). The van der Waals surface area contributed by atoms with Gasteiger partial charge in [0.25, 0.3) is 0 Å². The van der Waals surface area contributed by atoms with Crippen LogP contribution in [0.1, 0.15) is 19.4 Å². The van der Waals surface area contributed by atoms with Gasteiger partial charge in [-0.25, -0.2) is 0 Å². The molecule has 0 amide bonds. The zero-order chi connectivity index (χ0) is 13.7. The van der Waals surface area contributed by atoms with E-state index in [9.17, 15) is 0 Å². The van der Waals surface area contributed by atoms with Crippen LogP contribution < -0.4 is 5.73 Å². The SMILES string of the molecule is CC(C)N1CCN(CC(N)Cc2ccncc2)CC1. The number of nitrogens with two attached hydrogens (primary N) is 1. The van der Waals surface area contributed by atoms with Crippen molar-refractivity contribution in [3.63, 3.8) is 0 Å². The van der Waals surface area contributed by atoms with Crippen LogP contribution in [0.15, 0.2) is 24.5 Å². The van der Waals surface area contributed by atoms with Gasteiger partial charge in [0, 0.05) is 57.2 Å². The van der Waals surface area contributed by atoms with Gasteiger partial charge in [-0.3, -0.25) is 14.8 Å². The summed E-state index contributed by atoms with van der Waals surface area (Å²) in [5.74, 6) is 0. The lowest BCUT2D eigenvalue weighted by Gasteiger charge is -2.37. The Hall–Kier alpha value is -0.970. The van der Waals surface area contributed by atoms with Gasteiger partial charge in [-0.05, 0) is 38.0 Å². The molecule has 0 radical (unpaired) electrons. The van der Waals surface area contributed by atoms with E-state index in [2.05, 4.69) is 40.8 Å². The van der Waals surface area contributed by atoms with Crippen LogP contribution in [0.5, 0.6) is 0 Å². The second-order valence-corrected chi connectivity index (χ2v) is 5.75. The second-order valence-electron chi connectivity index (χ2n) is 5.75. The smallest absolute Gasteiger partial charge is 0.0270 e. The monoisotopic (exact) mass is 262 g/mol. The van der Waals surface area contributed by atoms with Crippen molar-refractivity contribution in [2.75, 3.05) is 32.7 Å². The average molecular weight is 262 g/mol. The number of piperazine rings is 1. The topological polar surface area (TPSA) is 45.4 Å². The van der Waals surface area contributed by atoms with Crippen molar-refractivity contribution in [2.24, 2.45) is 5.73 Å². The van der Waals surface area contributed by atoms with Crippen LogP contribution in [0.4, 0.5) is 0 Å². The van der Waals surface area contributed by atoms with E-state index >= 15 is 0 Å². The Labute approximate surface area is 116 Å². The molecular formula is C15H26N4. The van der Waals surface area contributed by atoms with Gasteiger partial charge in [-0.15, -0.1) is 0 Å². The van der Waals surface area contributed by atoms with E-state index in [1.54, 1.807) is 0 Å². The maximum atomic E-state index is 6.26. The molecule has 1 aliphatic heterocycles. The molecule has 106 valence electrons. The zero-order valence-corrected chi connectivity index (χ0v) is 12.1. The first-order chi connectivity index (χ1) is 9.15. The molecule has 0 bridgehead atoms. The van der Waals surface area contributed by atoms with E-state index in [4.69, 9.17) is 5.73 Å². The van der Waals surface area contributed by atoms with Crippen LogP contribution >= 0.6 is 0 Å². The van der Waals surface area contributed by atoms with Crippen molar-refractivity contribution in [3.05, 3.63) is 30.1 Å². The first-order valence-corrected chi connectivity index (χ1v) is 7.26. The summed E-state index contributed by atoms with van der Waals surface area (Å²) in [4.78, 5) is 9.06. The molecule has 1 aliphatic rings. The quantitative estimate of drug-likeness (QED) is 0.859. The lowest BCUT2D eigenvalue weighted by molar-refractivity contribution is 0.104. The predicted octanol–water partition coefficient (Wildman–Crippen LogP) is 0.977. The lowest BCUT2D eigenvalue weighted by Crippen LogP contribution is -2.51. The van der Waals surface area contributed by atoms with Gasteiger partial charge in [0.2, 0.25) is 0 Å². The number of hydrogen-bond donors (Lipinski definition) is 1. The van der Waals surface area contributed by atoms with Crippen LogP contribution in [0.2, 0.25) is 0 Å². The summed E-state index contributed by atoms with van der Waals surface area (Å²) in [6, 6.07) is 4.98. The van der Waals surface area contributed by atoms with Gasteiger partial charge in [0.15, 0.2) is 0 Å². The Morgan fingerprint density at radius 2 is 1.79 bits per heavy atom. The molecule has 1 atom stereocenters. The van der Waals surface area contributed by atoms with Gasteiger partial charge >= 0.3 is 0 Å². The Morgan fingerprint density at radius 3 is 2.37 bits per heavy atom. The summed E-state index contributed by atoms with van der Waals surface area (Å²) in [6.45, 7) is 10.1. The molecule has 19 heavy (non-hydrogen) atoms. The molecular weight excluding hydrogens is 236 g/mol. The fraction of sp³-hybridized carbons (Fsp3) is 0.667. The molecule has 4 heteroatoms. The van der Waals surface area contributed by atoms with E-state index in [1.165, 1.54) is 18.7 Å². The predicted molar refractivity (Wildman–Crippen MR) is 79.1 cm³/mol. The summed E-state index contributed by atoms with van der Waals surface area (Å²) in [6.07, 6.45) is 4.61. The minimum Gasteiger partial charge on any atom is -0.326 e. The molecule has 1 aromatic heterocycles. The first kappa shape index (κ1) is 14.4. The molecule has 1 unspecified atom stereocenters. The number of nitrogens with zero attached hydrogens (tertiary/aromatic N) is 3. The van der Waals surface area contributed by atoms with Crippen LogP contribution in [0.3, 0.4) is 0 Å². The van der Waals surface area contributed by atoms with Gasteiger partial charge in [0.1, 0.15) is 0 Å². The van der Waals surface area contributed by atoms with E-state index in [-0.39, 0.29) is 6.04 Å². The van der Waals surface area contributed by atoms with Gasteiger partial charge in [-0.1, -0.05) is 0 Å². The summed E-state index contributed by atoms with van der Waals surface area (Å²) < 4.78 is 0. The second kappa shape index (κ2) is 6.98. The average Bonchev–Trinajstić information content (AvgIpc) is 2.40. The van der Waals surface area contributed by atoms with E-state index in [0.29, 0.717) is 6.04 Å². The van der Waals surface area contributed by atoms with Crippen LogP contribution in [-0.2, 0) is 6.42 Å². The van der Waals surface area contributed by atoms with Crippen molar-refractivity contribution in [1.29, 1.82) is 0 Å². The fourth-order valence-corrected chi connectivity index (χ4v) is 2.68. The maximum absolute atomic E-state index is 6.26. The van der Waals surface area contributed by atoms with E-state index in [0.717, 1.165) is 26.1 Å². The highest BCUT2D eigenvalue weighted by molar-refractivity contribution is 5.11. The highest BCUT2D eigenvalue weighted by atomic mass is 15.3. The molecule has 2 heterocycles. The molecule has 0 aromatic carbocycles. The minimum absolute atomic E-state index is 0.216. The third-order valence-electron chi connectivity index (χ3n) is 3.88. The Morgan fingerprint density at radius 1 is 1.16 bits per heavy atom. The standard InChI is InChI=1S/C15H26N4/c1-13(2)19-9-7-18(8-10-19)12-15(16)11-14-3-5-17-6-4-14/h3-6,13,15H,7-12,16H2,1-2H3. The number of hydrogen-bond acceptors (Lipinski definition) is 4. The van der Waals surface area contributed by atoms with Crippen LogP contribution in [0.25, 0.3) is 0 Å². The van der Waals surface area contributed by atoms with Crippen molar-refractivity contribution in [3.8, 4) is 0 Å². The molecule has 1 aromatic rings.